The molecule has 174 valence electrons. The van der Waals surface area contributed by atoms with Crippen molar-refractivity contribution in [2.24, 2.45) is 4.99 Å². The molecule has 4 rings (SSSR count). The Bertz CT molecular complexity index is 1020. The molecule has 2 aliphatic rings. The van der Waals surface area contributed by atoms with Crippen LogP contribution in [0, 0.1) is 0 Å². The highest BCUT2D eigenvalue weighted by atomic mass is 16.5. The molecular formula is C26H31N3O4. The number of hydrogen-bond donors (Lipinski definition) is 2. The molecule has 33 heavy (non-hydrogen) atoms. The van der Waals surface area contributed by atoms with E-state index in [1.54, 1.807) is 7.11 Å². The van der Waals surface area contributed by atoms with E-state index in [-0.39, 0.29) is 31.3 Å². The Morgan fingerprint density at radius 2 is 1.88 bits per heavy atom. The lowest BCUT2D eigenvalue weighted by Crippen LogP contribution is -2.53. The van der Waals surface area contributed by atoms with E-state index in [4.69, 9.17) is 14.5 Å². The molecule has 2 aromatic rings. The number of ether oxygens (including phenoxy) is 2. The van der Waals surface area contributed by atoms with Crippen LogP contribution in [0.15, 0.2) is 70.9 Å². The zero-order valence-electron chi connectivity index (χ0n) is 19.2. The summed E-state index contributed by atoms with van der Waals surface area (Å²) >= 11 is 0. The van der Waals surface area contributed by atoms with Crippen LogP contribution < -0.4 is 10.1 Å². The van der Waals surface area contributed by atoms with Crippen molar-refractivity contribution in [2.75, 3.05) is 13.7 Å². The van der Waals surface area contributed by atoms with Crippen molar-refractivity contribution in [1.82, 2.24) is 10.2 Å². The van der Waals surface area contributed by atoms with Gasteiger partial charge in [-0.1, -0.05) is 42.5 Å². The Hall–Kier alpha value is -3.32. The number of nitrogens with one attached hydrogen (secondary N) is 1. The van der Waals surface area contributed by atoms with Gasteiger partial charge < -0.3 is 24.8 Å². The van der Waals surface area contributed by atoms with Crippen molar-refractivity contribution >= 4 is 11.9 Å². The Labute approximate surface area is 194 Å². The van der Waals surface area contributed by atoms with Crippen LogP contribution in [0.1, 0.15) is 37.3 Å². The van der Waals surface area contributed by atoms with E-state index in [0.29, 0.717) is 18.5 Å². The first-order valence-electron chi connectivity index (χ1n) is 11.4. The second-order valence-electron chi connectivity index (χ2n) is 8.38. The summed E-state index contributed by atoms with van der Waals surface area (Å²) in [6, 6.07) is 17.5. The van der Waals surface area contributed by atoms with Gasteiger partial charge in [-0.05, 0) is 49.4 Å². The van der Waals surface area contributed by atoms with Gasteiger partial charge in [0.2, 0.25) is 0 Å². The maximum absolute atomic E-state index is 13.1. The summed E-state index contributed by atoms with van der Waals surface area (Å²) in [7, 11) is 1.65. The molecular weight excluding hydrogens is 418 g/mol. The molecule has 0 saturated carbocycles. The number of esters is 1. The molecule has 2 atom stereocenters. The molecule has 0 radical (unpaired) electrons. The van der Waals surface area contributed by atoms with Crippen molar-refractivity contribution in [2.45, 2.75) is 51.4 Å². The average molecular weight is 450 g/mol. The topological polar surface area (TPSA) is 83.4 Å². The molecule has 0 unspecified atom stereocenters. The molecule has 2 aliphatic heterocycles. The number of carbonyl (C=O) groups excluding carboxylic acids is 1. The van der Waals surface area contributed by atoms with Crippen molar-refractivity contribution < 1.29 is 19.4 Å². The van der Waals surface area contributed by atoms with Crippen LogP contribution >= 0.6 is 0 Å². The summed E-state index contributed by atoms with van der Waals surface area (Å²) in [5.74, 6) is 1.24. The quantitative estimate of drug-likeness (QED) is 0.601. The average Bonchev–Trinajstić information content (AvgIpc) is 3.25. The third kappa shape index (κ3) is 5.20. The van der Waals surface area contributed by atoms with Gasteiger partial charge in [-0.2, -0.15) is 0 Å². The molecule has 0 spiro atoms. The predicted octanol–water partition coefficient (Wildman–Crippen LogP) is 3.39. The fourth-order valence-corrected chi connectivity index (χ4v) is 4.58. The second kappa shape index (κ2) is 10.5. The zero-order valence-corrected chi connectivity index (χ0v) is 19.2. The zero-order chi connectivity index (χ0) is 23.2. The van der Waals surface area contributed by atoms with Crippen LogP contribution in [0.2, 0.25) is 0 Å². The van der Waals surface area contributed by atoms with E-state index in [1.807, 2.05) is 61.5 Å². The summed E-state index contributed by atoms with van der Waals surface area (Å²) in [5, 5.41) is 12.9. The van der Waals surface area contributed by atoms with Gasteiger partial charge in [0.25, 0.3) is 0 Å². The van der Waals surface area contributed by atoms with E-state index in [2.05, 4.69) is 10.2 Å². The summed E-state index contributed by atoms with van der Waals surface area (Å²) in [6.45, 7) is 2.74. The number of aliphatic hydroxyl groups is 1. The number of nitrogens with zero attached hydrogens (tertiary/aromatic N) is 2. The van der Waals surface area contributed by atoms with Crippen LogP contribution in [0.5, 0.6) is 5.75 Å². The van der Waals surface area contributed by atoms with Crippen molar-refractivity contribution in [3.05, 3.63) is 77.0 Å². The maximum Gasteiger partial charge on any atom is 0.338 e. The molecule has 1 saturated heterocycles. The van der Waals surface area contributed by atoms with Gasteiger partial charge >= 0.3 is 5.97 Å². The Morgan fingerprint density at radius 1 is 1.12 bits per heavy atom. The highest BCUT2D eigenvalue weighted by molar-refractivity contribution is 5.96. The molecule has 2 N–H and O–H groups in total. The normalized spacial score (nSPS) is 21.1. The largest absolute Gasteiger partial charge is 0.497 e. The molecule has 0 aliphatic carbocycles. The number of allylic oxidation sites excluding steroid dienone is 1. The van der Waals surface area contributed by atoms with Crippen LogP contribution in [-0.2, 0) is 22.7 Å². The van der Waals surface area contributed by atoms with Gasteiger partial charge in [0.05, 0.1) is 25.3 Å². The molecule has 2 aromatic carbocycles. The SMILES string of the molecule is COc1ccc(CN=C2NC(C)=C(C(=O)OCc3ccccc3)[C@@H]3CC[C@@H](CCO)N23)cc1. The fraction of sp³-hybridized carbons (Fsp3) is 0.385. The highest BCUT2D eigenvalue weighted by Crippen LogP contribution is 2.35. The molecule has 1 fully saturated rings. The van der Waals surface area contributed by atoms with Crippen LogP contribution in [0.3, 0.4) is 0 Å². The van der Waals surface area contributed by atoms with E-state index >= 15 is 0 Å². The first-order valence-corrected chi connectivity index (χ1v) is 11.4. The van der Waals surface area contributed by atoms with Gasteiger partial charge in [0.15, 0.2) is 5.96 Å². The van der Waals surface area contributed by atoms with E-state index < -0.39 is 0 Å². The van der Waals surface area contributed by atoms with Gasteiger partial charge in [0, 0.05) is 18.3 Å². The molecule has 7 heteroatoms. The fourth-order valence-electron chi connectivity index (χ4n) is 4.58. The van der Waals surface area contributed by atoms with E-state index in [9.17, 15) is 9.90 Å². The number of aliphatic imine (C=N–C) groups is 1. The van der Waals surface area contributed by atoms with Crippen molar-refractivity contribution in [3.63, 3.8) is 0 Å². The third-order valence-electron chi connectivity index (χ3n) is 6.25. The van der Waals surface area contributed by atoms with Gasteiger partial charge in [-0.3, -0.25) is 0 Å². The second-order valence-corrected chi connectivity index (χ2v) is 8.38. The predicted molar refractivity (Wildman–Crippen MR) is 127 cm³/mol. The Balaban J connectivity index is 1.55. The lowest BCUT2D eigenvalue weighted by molar-refractivity contribution is -0.141. The lowest BCUT2D eigenvalue weighted by atomic mass is 10.0. The summed E-state index contributed by atoms with van der Waals surface area (Å²) < 4.78 is 10.9. The first kappa shape index (κ1) is 22.9. The number of fused-ring (bicyclic) bond motifs is 1. The van der Waals surface area contributed by atoms with Crippen LogP contribution in [0.4, 0.5) is 0 Å². The number of carbonyl (C=O) groups is 1. The molecule has 0 aromatic heterocycles. The minimum Gasteiger partial charge on any atom is -0.497 e. The number of rotatable bonds is 8. The smallest absolute Gasteiger partial charge is 0.338 e. The Kier molecular flexibility index (Phi) is 7.29. The number of guanidine groups is 1. The monoisotopic (exact) mass is 449 g/mol. The lowest BCUT2D eigenvalue weighted by Gasteiger charge is -2.38. The summed E-state index contributed by atoms with van der Waals surface area (Å²) in [4.78, 5) is 20.1. The highest BCUT2D eigenvalue weighted by Gasteiger charge is 2.43. The Morgan fingerprint density at radius 3 is 2.58 bits per heavy atom. The number of benzene rings is 2. The maximum atomic E-state index is 13.1. The van der Waals surface area contributed by atoms with Crippen molar-refractivity contribution in [3.8, 4) is 5.75 Å². The van der Waals surface area contributed by atoms with E-state index in [1.165, 1.54) is 0 Å². The van der Waals surface area contributed by atoms with Gasteiger partial charge in [-0.15, -0.1) is 0 Å². The summed E-state index contributed by atoms with van der Waals surface area (Å²) in [5.41, 5.74) is 3.44. The van der Waals surface area contributed by atoms with Crippen LogP contribution in [0.25, 0.3) is 0 Å². The van der Waals surface area contributed by atoms with Gasteiger partial charge in [0.1, 0.15) is 12.4 Å². The number of methoxy groups -OCH3 is 1. The molecule has 2 heterocycles. The molecule has 0 bridgehead atoms. The number of aliphatic hydroxyl groups excluding tert-OH is 1. The van der Waals surface area contributed by atoms with E-state index in [0.717, 1.165) is 41.4 Å². The molecule has 0 amide bonds. The standard InChI is InChI=1S/C26H31N3O4/c1-18-24(25(31)33-17-20-6-4-3-5-7-20)23-13-10-21(14-15-30)29(23)26(28-18)27-16-19-8-11-22(32-2)12-9-19/h3-9,11-12,21,23,30H,10,13-17H2,1-2H3,(H,27,28)/t21-,23-/m0/s1. The minimum absolute atomic E-state index is 0.0934. The first-order chi connectivity index (χ1) is 16.1. The van der Waals surface area contributed by atoms with Gasteiger partial charge in [-0.25, -0.2) is 9.79 Å². The van der Waals surface area contributed by atoms with Crippen LogP contribution in [-0.4, -0.2) is 47.7 Å². The minimum atomic E-state index is -0.308. The third-order valence-corrected chi connectivity index (χ3v) is 6.25. The summed E-state index contributed by atoms with van der Waals surface area (Å²) in [6.07, 6.45) is 2.34. The molecule has 7 nitrogen and oxygen atoms in total. The number of hydrogen-bond acceptors (Lipinski definition) is 5. The van der Waals surface area contributed by atoms with Crippen molar-refractivity contribution in [1.29, 1.82) is 0 Å².